The summed E-state index contributed by atoms with van der Waals surface area (Å²) >= 11 is 5.89. The van der Waals surface area contributed by atoms with Crippen molar-refractivity contribution in [3.63, 3.8) is 0 Å². The van der Waals surface area contributed by atoms with Crippen LogP contribution in [0.15, 0.2) is 66.9 Å². The minimum absolute atomic E-state index is 0.149. The SMILES string of the molecule is CC(=O)Nc1ccc(NC(=O)c2cc(NCc3ccc(Cl)cc3)ccn2)cc1. The monoisotopic (exact) mass is 394 g/mol. The number of hydrogen-bond acceptors (Lipinski definition) is 4. The molecule has 2 aromatic carbocycles. The smallest absolute Gasteiger partial charge is 0.274 e. The summed E-state index contributed by atoms with van der Waals surface area (Å²) in [4.78, 5) is 27.6. The van der Waals surface area contributed by atoms with Crippen molar-refractivity contribution < 1.29 is 9.59 Å². The number of anilines is 3. The molecule has 0 aliphatic heterocycles. The molecule has 28 heavy (non-hydrogen) atoms. The van der Waals surface area contributed by atoms with E-state index in [9.17, 15) is 9.59 Å². The first-order valence-electron chi connectivity index (χ1n) is 8.63. The van der Waals surface area contributed by atoms with Gasteiger partial charge >= 0.3 is 0 Å². The second-order valence-corrected chi connectivity index (χ2v) is 6.56. The molecule has 0 spiro atoms. The number of halogens is 1. The lowest BCUT2D eigenvalue weighted by molar-refractivity contribution is -0.114. The highest BCUT2D eigenvalue weighted by Crippen LogP contribution is 2.16. The molecule has 3 rings (SSSR count). The molecule has 3 aromatic rings. The molecule has 0 saturated carbocycles. The van der Waals surface area contributed by atoms with Gasteiger partial charge in [0.25, 0.3) is 5.91 Å². The van der Waals surface area contributed by atoms with Crippen LogP contribution in [-0.4, -0.2) is 16.8 Å². The van der Waals surface area contributed by atoms with E-state index in [2.05, 4.69) is 20.9 Å². The molecule has 0 unspecified atom stereocenters. The van der Waals surface area contributed by atoms with Gasteiger partial charge in [0.1, 0.15) is 5.69 Å². The molecular formula is C21H19ClN4O2. The normalized spacial score (nSPS) is 10.2. The molecule has 0 fully saturated rings. The minimum atomic E-state index is -0.317. The topological polar surface area (TPSA) is 83.1 Å². The largest absolute Gasteiger partial charge is 0.381 e. The van der Waals surface area contributed by atoms with Gasteiger partial charge in [-0.3, -0.25) is 14.6 Å². The Bertz CT molecular complexity index is 972. The van der Waals surface area contributed by atoms with E-state index in [0.717, 1.165) is 11.3 Å². The lowest BCUT2D eigenvalue weighted by atomic mass is 10.2. The van der Waals surface area contributed by atoms with E-state index in [1.807, 2.05) is 24.3 Å². The summed E-state index contributed by atoms with van der Waals surface area (Å²) < 4.78 is 0. The van der Waals surface area contributed by atoms with Gasteiger partial charge in [0, 0.05) is 41.8 Å². The minimum Gasteiger partial charge on any atom is -0.381 e. The third-order valence-electron chi connectivity index (χ3n) is 3.87. The number of pyridine rings is 1. The molecule has 3 N–H and O–H groups in total. The first-order valence-corrected chi connectivity index (χ1v) is 9.01. The molecule has 0 atom stereocenters. The lowest BCUT2D eigenvalue weighted by Gasteiger charge is -2.09. The molecule has 142 valence electrons. The van der Waals surface area contributed by atoms with Crippen LogP contribution in [0.4, 0.5) is 17.1 Å². The summed E-state index contributed by atoms with van der Waals surface area (Å²) in [6, 6.07) is 17.9. The summed E-state index contributed by atoms with van der Waals surface area (Å²) in [5.74, 6) is -0.466. The van der Waals surface area contributed by atoms with Crippen molar-refractivity contribution >= 4 is 40.5 Å². The average Bonchev–Trinajstić information content (AvgIpc) is 2.69. The summed E-state index contributed by atoms with van der Waals surface area (Å²) in [5, 5.41) is 9.42. The molecule has 0 bridgehead atoms. The Morgan fingerprint density at radius 2 is 1.54 bits per heavy atom. The second-order valence-electron chi connectivity index (χ2n) is 6.12. The molecule has 7 heteroatoms. The molecule has 1 heterocycles. The Labute approximate surface area is 168 Å². The van der Waals surface area contributed by atoms with Gasteiger partial charge in [0.05, 0.1) is 0 Å². The van der Waals surface area contributed by atoms with Crippen molar-refractivity contribution in [3.8, 4) is 0 Å². The van der Waals surface area contributed by atoms with Crippen LogP contribution in [0.1, 0.15) is 23.0 Å². The van der Waals surface area contributed by atoms with Gasteiger partial charge in [-0.2, -0.15) is 0 Å². The summed E-state index contributed by atoms with van der Waals surface area (Å²) in [7, 11) is 0. The Balaban J connectivity index is 1.61. The van der Waals surface area contributed by atoms with Crippen LogP contribution in [0.25, 0.3) is 0 Å². The molecule has 0 saturated heterocycles. The van der Waals surface area contributed by atoms with Crippen molar-refractivity contribution in [1.29, 1.82) is 0 Å². The highest BCUT2D eigenvalue weighted by Gasteiger charge is 2.09. The van der Waals surface area contributed by atoms with Gasteiger partial charge in [-0.15, -0.1) is 0 Å². The van der Waals surface area contributed by atoms with E-state index in [0.29, 0.717) is 28.6 Å². The molecule has 0 aliphatic carbocycles. The van der Waals surface area contributed by atoms with Gasteiger partial charge in [-0.1, -0.05) is 23.7 Å². The van der Waals surface area contributed by atoms with E-state index in [4.69, 9.17) is 11.6 Å². The predicted molar refractivity (Wildman–Crippen MR) is 112 cm³/mol. The second kappa shape index (κ2) is 9.01. The van der Waals surface area contributed by atoms with Crippen LogP contribution >= 0.6 is 11.6 Å². The first-order chi connectivity index (χ1) is 13.5. The third-order valence-corrected chi connectivity index (χ3v) is 4.12. The highest BCUT2D eigenvalue weighted by atomic mass is 35.5. The Hall–Kier alpha value is -3.38. The van der Waals surface area contributed by atoms with E-state index in [-0.39, 0.29) is 11.8 Å². The number of nitrogens with zero attached hydrogens (tertiary/aromatic N) is 1. The number of carbonyl (C=O) groups excluding carboxylic acids is 2. The maximum absolute atomic E-state index is 12.5. The number of amides is 2. The standard InChI is InChI=1S/C21H19ClN4O2/c1-14(27)25-17-6-8-18(9-7-17)26-21(28)20-12-19(10-11-23-20)24-13-15-2-4-16(22)5-3-15/h2-12H,13H2,1H3,(H,23,24)(H,25,27)(H,26,28). The van der Waals surface area contributed by atoms with Crippen LogP contribution in [-0.2, 0) is 11.3 Å². The van der Waals surface area contributed by atoms with E-state index < -0.39 is 0 Å². The fourth-order valence-electron chi connectivity index (χ4n) is 2.51. The van der Waals surface area contributed by atoms with E-state index in [1.54, 1.807) is 42.6 Å². The predicted octanol–water partition coefficient (Wildman–Crippen LogP) is 4.56. The van der Waals surface area contributed by atoms with Gasteiger partial charge in [-0.25, -0.2) is 0 Å². The maximum Gasteiger partial charge on any atom is 0.274 e. The van der Waals surface area contributed by atoms with Crippen LogP contribution < -0.4 is 16.0 Å². The van der Waals surface area contributed by atoms with Crippen molar-refractivity contribution in [3.05, 3.63) is 83.1 Å². The number of aromatic nitrogens is 1. The number of benzene rings is 2. The van der Waals surface area contributed by atoms with Crippen molar-refractivity contribution in [2.24, 2.45) is 0 Å². The first kappa shape index (κ1) is 19.4. The zero-order chi connectivity index (χ0) is 19.9. The molecule has 0 aliphatic rings. The van der Waals surface area contributed by atoms with Crippen molar-refractivity contribution in [2.75, 3.05) is 16.0 Å². The van der Waals surface area contributed by atoms with Crippen molar-refractivity contribution in [2.45, 2.75) is 13.5 Å². The molecule has 0 radical (unpaired) electrons. The number of hydrogen-bond donors (Lipinski definition) is 3. The number of rotatable bonds is 6. The zero-order valence-corrected chi connectivity index (χ0v) is 16.0. The van der Waals surface area contributed by atoms with Crippen LogP contribution in [0, 0.1) is 0 Å². The highest BCUT2D eigenvalue weighted by molar-refractivity contribution is 6.30. The number of nitrogens with one attached hydrogen (secondary N) is 3. The zero-order valence-electron chi connectivity index (χ0n) is 15.2. The lowest BCUT2D eigenvalue weighted by Crippen LogP contribution is -2.14. The van der Waals surface area contributed by atoms with Gasteiger partial charge in [0.2, 0.25) is 5.91 Å². The average molecular weight is 395 g/mol. The third kappa shape index (κ3) is 5.56. The maximum atomic E-state index is 12.5. The van der Waals surface area contributed by atoms with E-state index in [1.165, 1.54) is 6.92 Å². The Morgan fingerprint density at radius 1 is 0.893 bits per heavy atom. The molecule has 1 aromatic heterocycles. The number of carbonyl (C=O) groups is 2. The van der Waals surface area contributed by atoms with Gasteiger partial charge < -0.3 is 16.0 Å². The quantitative estimate of drug-likeness (QED) is 0.572. The Morgan fingerprint density at radius 3 is 2.18 bits per heavy atom. The molecular weight excluding hydrogens is 376 g/mol. The van der Waals surface area contributed by atoms with E-state index >= 15 is 0 Å². The summed E-state index contributed by atoms with van der Waals surface area (Å²) in [5.41, 5.74) is 3.44. The molecule has 2 amide bonds. The fourth-order valence-corrected chi connectivity index (χ4v) is 2.63. The van der Waals surface area contributed by atoms with Crippen LogP contribution in [0.5, 0.6) is 0 Å². The molecule has 6 nitrogen and oxygen atoms in total. The summed E-state index contributed by atoms with van der Waals surface area (Å²) in [6.07, 6.45) is 1.58. The van der Waals surface area contributed by atoms with Gasteiger partial charge in [0.15, 0.2) is 0 Å². The Kier molecular flexibility index (Phi) is 6.24. The van der Waals surface area contributed by atoms with Crippen molar-refractivity contribution in [1.82, 2.24) is 4.98 Å². The van der Waals surface area contributed by atoms with Crippen LogP contribution in [0.2, 0.25) is 5.02 Å². The fraction of sp³-hybridized carbons (Fsp3) is 0.0952. The van der Waals surface area contributed by atoms with Crippen LogP contribution in [0.3, 0.4) is 0 Å². The summed E-state index contributed by atoms with van der Waals surface area (Å²) in [6.45, 7) is 2.04. The van der Waals surface area contributed by atoms with Gasteiger partial charge in [-0.05, 0) is 54.1 Å².